The fourth-order valence-electron chi connectivity index (χ4n) is 1.23. The molecule has 0 aromatic heterocycles. The van der Waals surface area contributed by atoms with Crippen molar-refractivity contribution in [2.75, 3.05) is 33.2 Å². The Balaban J connectivity index is 4.55. The monoisotopic (exact) mass is 306 g/mol. The average molecular weight is 306 g/mol. The number of carbonyl (C=O) groups excluding carboxylic acids is 1. The molecule has 0 radical (unpaired) electrons. The van der Waals surface area contributed by atoms with Crippen LogP contribution in [0.5, 0.6) is 0 Å². The van der Waals surface area contributed by atoms with Gasteiger partial charge < -0.3 is 4.74 Å². The van der Waals surface area contributed by atoms with E-state index in [9.17, 15) is 4.79 Å². The molecule has 7 nitrogen and oxygen atoms in total. The van der Waals surface area contributed by atoms with E-state index in [1.165, 1.54) is 0 Å². The molecule has 0 atom stereocenters. The van der Waals surface area contributed by atoms with Gasteiger partial charge in [-0.2, -0.15) is 5.06 Å². The highest BCUT2D eigenvalue weighted by Crippen LogP contribution is 2.05. The summed E-state index contributed by atoms with van der Waals surface area (Å²) < 4.78 is 5.36. The van der Waals surface area contributed by atoms with Crippen molar-refractivity contribution in [1.82, 2.24) is 10.3 Å². The summed E-state index contributed by atoms with van der Waals surface area (Å²) in [7, 11) is 0. The fraction of sp³-hybridized carbons (Fsp3) is 0.929. The van der Waals surface area contributed by atoms with E-state index in [4.69, 9.17) is 19.2 Å². The summed E-state index contributed by atoms with van der Waals surface area (Å²) in [5, 5.41) is 2.02. The lowest BCUT2D eigenvalue weighted by Gasteiger charge is -2.27. The Labute approximate surface area is 127 Å². The summed E-state index contributed by atoms with van der Waals surface area (Å²) in [6, 6.07) is -0.513. The van der Waals surface area contributed by atoms with Crippen molar-refractivity contribution < 1.29 is 24.0 Å². The minimum atomic E-state index is -0.513. The number of ether oxygens (including phenoxy) is 1. The number of rotatable bonds is 13. The molecule has 0 aromatic rings. The van der Waals surface area contributed by atoms with Gasteiger partial charge in [-0.25, -0.2) is 14.5 Å². The molecule has 126 valence electrons. The van der Waals surface area contributed by atoms with E-state index in [-0.39, 0.29) is 6.73 Å². The zero-order chi connectivity index (χ0) is 15.9. The Bertz CT molecular complexity index is 246. The second kappa shape index (κ2) is 14.1. The molecule has 7 heteroatoms. The van der Waals surface area contributed by atoms with Gasteiger partial charge in [0.15, 0.2) is 0 Å². The van der Waals surface area contributed by atoms with Crippen LogP contribution in [0.2, 0.25) is 0 Å². The van der Waals surface area contributed by atoms with E-state index >= 15 is 0 Å². The lowest BCUT2D eigenvalue weighted by Crippen LogP contribution is -2.44. The Hall–Kier alpha value is -0.890. The van der Waals surface area contributed by atoms with Crippen LogP contribution in [-0.4, -0.2) is 49.5 Å². The van der Waals surface area contributed by atoms with Gasteiger partial charge in [-0.1, -0.05) is 32.9 Å². The molecular formula is C14H30N2O5. The lowest BCUT2D eigenvalue weighted by atomic mass is 10.5. The molecule has 2 amide bonds. The number of hydrogen-bond donors (Lipinski definition) is 0. The molecule has 0 heterocycles. The molecule has 0 N–H and O–H groups in total. The summed E-state index contributed by atoms with van der Waals surface area (Å²) >= 11 is 0. The van der Waals surface area contributed by atoms with Crippen molar-refractivity contribution in [2.45, 2.75) is 53.4 Å². The maximum atomic E-state index is 12.4. The molecule has 0 bridgehead atoms. The maximum absolute atomic E-state index is 12.4. The molecule has 0 spiro atoms. The van der Waals surface area contributed by atoms with Crippen LogP contribution in [-0.2, 0) is 19.2 Å². The number of hydroxylamine groups is 4. The molecule has 0 saturated heterocycles. The second-order valence-corrected chi connectivity index (χ2v) is 4.46. The number of urea groups is 1. The molecule has 21 heavy (non-hydrogen) atoms. The van der Waals surface area contributed by atoms with E-state index in [2.05, 4.69) is 0 Å². The van der Waals surface area contributed by atoms with Crippen molar-refractivity contribution in [3.8, 4) is 0 Å². The summed E-state index contributed by atoms with van der Waals surface area (Å²) in [6.07, 6.45) is 3.23. The van der Waals surface area contributed by atoms with Crippen LogP contribution in [0.3, 0.4) is 0 Å². The first-order chi connectivity index (χ1) is 10.2. The van der Waals surface area contributed by atoms with E-state index in [1.54, 1.807) is 0 Å². The van der Waals surface area contributed by atoms with E-state index in [0.29, 0.717) is 26.4 Å². The molecule has 0 aliphatic carbocycles. The molecule has 0 saturated carbocycles. The van der Waals surface area contributed by atoms with Crippen molar-refractivity contribution in [2.24, 2.45) is 0 Å². The smallest absolute Gasteiger partial charge is 0.359 e. The minimum Gasteiger partial charge on any atom is -0.359 e. The van der Waals surface area contributed by atoms with Gasteiger partial charge in [0.05, 0.1) is 19.8 Å². The van der Waals surface area contributed by atoms with Gasteiger partial charge in [0.1, 0.15) is 6.73 Å². The molecule has 0 aliphatic rings. The summed E-state index contributed by atoms with van der Waals surface area (Å²) in [6.45, 7) is 9.71. The first-order valence-corrected chi connectivity index (χ1v) is 7.79. The molecule has 0 fully saturated rings. The van der Waals surface area contributed by atoms with Gasteiger partial charge in [-0.3, -0.25) is 4.84 Å². The minimum absolute atomic E-state index is 0.0497. The average Bonchev–Trinajstić information content (AvgIpc) is 2.50. The van der Waals surface area contributed by atoms with Crippen molar-refractivity contribution in [3.63, 3.8) is 0 Å². The Morgan fingerprint density at radius 3 is 1.71 bits per heavy atom. The quantitative estimate of drug-likeness (QED) is 0.297. The molecule has 0 aromatic carbocycles. The zero-order valence-electron chi connectivity index (χ0n) is 13.8. The lowest BCUT2D eigenvalue weighted by molar-refractivity contribution is -0.344. The first kappa shape index (κ1) is 20.1. The number of hydrogen-bond acceptors (Lipinski definition) is 5. The predicted molar refractivity (Wildman–Crippen MR) is 78.9 cm³/mol. The van der Waals surface area contributed by atoms with Crippen molar-refractivity contribution in [3.05, 3.63) is 0 Å². The Morgan fingerprint density at radius 1 is 0.762 bits per heavy atom. The third-order valence-corrected chi connectivity index (χ3v) is 2.20. The van der Waals surface area contributed by atoms with Gasteiger partial charge in [-0.05, 0) is 25.7 Å². The largest absolute Gasteiger partial charge is 0.395 e. The van der Waals surface area contributed by atoms with E-state index in [1.807, 2.05) is 27.7 Å². The van der Waals surface area contributed by atoms with Crippen LogP contribution in [0.1, 0.15) is 53.4 Å². The molecule has 0 aliphatic heterocycles. The third kappa shape index (κ3) is 9.62. The summed E-state index contributed by atoms with van der Waals surface area (Å²) in [5.41, 5.74) is 0. The molecule has 0 unspecified atom stereocenters. The number of nitrogens with zero attached hydrogens (tertiary/aromatic N) is 2. The highest BCUT2D eigenvalue weighted by Gasteiger charge is 2.24. The highest BCUT2D eigenvalue weighted by atomic mass is 17.0. The Morgan fingerprint density at radius 2 is 1.24 bits per heavy atom. The zero-order valence-corrected chi connectivity index (χ0v) is 13.8. The van der Waals surface area contributed by atoms with Gasteiger partial charge in [-0.15, -0.1) is 0 Å². The van der Waals surface area contributed by atoms with Gasteiger partial charge in [0.2, 0.25) is 0 Å². The van der Waals surface area contributed by atoms with Gasteiger partial charge >= 0.3 is 6.03 Å². The summed E-state index contributed by atoms with van der Waals surface area (Å²) in [4.78, 5) is 28.4. The standard InChI is InChI=1S/C14H30N2O5/c1-5-9-18-13-15(19-10-6-2)14(17)16(20-11-7-3)21-12-8-4/h5-13H2,1-4H3. The first-order valence-electron chi connectivity index (χ1n) is 7.79. The topological polar surface area (TPSA) is 60.5 Å². The van der Waals surface area contributed by atoms with Crippen LogP contribution < -0.4 is 0 Å². The van der Waals surface area contributed by atoms with Crippen LogP contribution in [0.4, 0.5) is 4.79 Å². The maximum Gasteiger partial charge on any atom is 0.395 e. The second-order valence-electron chi connectivity index (χ2n) is 4.46. The molecular weight excluding hydrogens is 276 g/mol. The SMILES string of the molecule is CCCOCN(OCCC)C(=O)N(OCCC)OCCC. The number of carbonyl (C=O) groups is 1. The number of amides is 2. The van der Waals surface area contributed by atoms with E-state index < -0.39 is 6.03 Å². The van der Waals surface area contributed by atoms with Gasteiger partial charge in [0, 0.05) is 6.61 Å². The third-order valence-electron chi connectivity index (χ3n) is 2.20. The highest BCUT2D eigenvalue weighted by molar-refractivity contribution is 5.70. The van der Waals surface area contributed by atoms with Crippen LogP contribution in [0.25, 0.3) is 0 Å². The predicted octanol–water partition coefficient (Wildman–Crippen LogP) is 3.12. The van der Waals surface area contributed by atoms with Crippen LogP contribution in [0.15, 0.2) is 0 Å². The van der Waals surface area contributed by atoms with E-state index in [0.717, 1.165) is 36.0 Å². The fourth-order valence-corrected chi connectivity index (χ4v) is 1.23. The Kier molecular flexibility index (Phi) is 13.5. The molecule has 0 rings (SSSR count). The van der Waals surface area contributed by atoms with Crippen molar-refractivity contribution in [1.29, 1.82) is 0 Å². The summed E-state index contributed by atoms with van der Waals surface area (Å²) in [5.74, 6) is 0. The van der Waals surface area contributed by atoms with Crippen LogP contribution in [0, 0.1) is 0 Å². The van der Waals surface area contributed by atoms with Crippen LogP contribution >= 0.6 is 0 Å². The van der Waals surface area contributed by atoms with Crippen molar-refractivity contribution >= 4 is 6.03 Å². The normalized spacial score (nSPS) is 10.7. The van der Waals surface area contributed by atoms with Gasteiger partial charge in [0.25, 0.3) is 0 Å².